The van der Waals surface area contributed by atoms with Gasteiger partial charge in [0.2, 0.25) is 0 Å². The summed E-state index contributed by atoms with van der Waals surface area (Å²) >= 11 is 0. The second-order valence-corrected chi connectivity index (χ2v) is 11.2. The van der Waals surface area contributed by atoms with Gasteiger partial charge in [-0.25, -0.2) is 9.59 Å². The number of carbonyl (C=O) groups is 2. The van der Waals surface area contributed by atoms with Crippen molar-refractivity contribution in [3.63, 3.8) is 0 Å². The predicted octanol–water partition coefficient (Wildman–Crippen LogP) is 5.17. The third-order valence-corrected chi connectivity index (χ3v) is 7.64. The highest BCUT2D eigenvalue weighted by Crippen LogP contribution is 2.35. The van der Waals surface area contributed by atoms with Gasteiger partial charge in [-0.15, -0.1) is 0 Å². The van der Waals surface area contributed by atoms with Crippen molar-refractivity contribution in [1.29, 1.82) is 0 Å². The number of rotatable bonds is 12. The van der Waals surface area contributed by atoms with Gasteiger partial charge in [-0.3, -0.25) is 0 Å². The molecule has 0 aromatic heterocycles. The summed E-state index contributed by atoms with van der Waals surface area (Å²) < 4.78 is 16.9. The van der Waals surface area contributed by atoms with Crippen molar-refractivity contribution < 1.29 is 34.0 Å². The first-order chi connectivity index (χ1) is 23.4. The lowest BCUT2D eigenvalue weighted by atomic mass is 9.84. The highest BCUT2D eigenvalue weighted by atomic mass is 16.5. The van der Waals surface area contributed by atoms with E-state index in [2.05, 4.69) is 17.2 Å². The van der Waals surface area contributed by atoms with Gasteiger partial charge in [-0.05, 0) is 35.7 Å². The number of dihydropyridines is 1. The molecule has 5 rings (SSSR count). The molecule has 0 saturated carbocycles. The molecule has 244 valence electrons. The van der Waals surface area contributed by atoms with Crippen LogP contribution in [0.1, 0.15) is 29.2 Å². The molecule has 4 aromatic rings. The van der Waals surface area contributed by atoms with Crippen LogP contribution in [-0.2, 0) is 37.0 Å². The van der Waals surface area contributed by atoms with E-state index in [9.17, 15) is 19.8 Å². The number of nitrogens with one attached hydrogen (secondary N) is 1. The number of benzene rings is 4. The molecular weight excluding hydrogens is 606 g/mol. The van der Waals surface area contributed by atoms with E-state index >= 15 is 0 Å². The molecule has 0 spiro atoms. The number of aliphatic hydroxyl groups excluding tert-OH is 2. The molecular formula is C40H37NO7. The van der Waals surface area contributed by atoms with Crippen molar-refractivity contribution in [3.8, 4) is 11.8 Å². The molecule has 1 aliphatic rings. The lowest BCUT2D eigenvalue weighted by Gasteiger charge is -2.29. The summed E-state index contributed by atoms with van der Waals surface area (Å²) in [7, 11) is 0. The van der Waals surface area contributed by atoms with E-state index in [0.717, 1.165) is 11.1 Å². The zero-order valence-corrected chi connectivity index (χ0v) is 26.5. The highest BCUT2D eigenvalue weighted by molar-refractivity contribution is 6.04. The normalized spacial score (nSPS) is 15.4. The van der Waals surface area contributed by atoms with Crippen LogP contribution >= 0.6 is 0 Å². The summed E-state index contributed by atoms with van der Waals surface area (Å²) in [5, 5.41) is 24.3. The Bertz CT molecular complexity index is 1790. The van der Waals surface area contributed by atoms with E-state index in [1.165, 1.54) is 0 Å². The van der Waals surface area contributed by atoms with Crippen molar-refractivity contribution in [2.24, 2.45) is 5.92 Å². The number of allylic oxidation sites excluding steroid dienone is 1. The molecule has 0 saturated heterocycles. The summed E-state index contributed by atoms with van der Waals surface area (Å²) in [6.45, 7) is 1.30. The average molecular weight is 644 g/mol. The third-order valence-electron chi connectivity index (χ3n) is 7.64. The summed E-state index contributed by atoms with van der Waals surface area (Å²) in [6, 6.07) is 37.2. The maximum atomic E-state index is 14.0. The van der Waals surface area contributed by atoms with Crippen LogP contribution in [0.2, 0.25) is 0 Å². The summed E-state index contributed by atoms with van der Waals surface area (Å²) in [5.74, 6) is 3.74. The Kier molecular flexibility index (Phi) is 11.9. The minimum atomic E-state index is -1.42. The van der Waals surface area contributed by atoms with Crippen LogP contribution < -0.4 is 5.32 Å². The van der Waals surface area contributed by atoms with Gasteiger partial charge in [0, 0.05) is 11.3 Å². The van der Waals surface area contributed by atoms with Gasteiger partial charge >= 0.3 is 11.9 Å². The largest absolute Gasteiger partial charge is 0.459 e. The SMILES string of the molecule is CC1=C(C(=O)OC[C@@H](O)[C@H](O)COCc2ccccc2)[C@H](C#Cc2ccccc2)C(C(=O)OCc2ccccc2)=C(c2ccccc2)N1. The number of hydrogen-bond acceptors (Lipinski definition) is 8. The molecule has 4 aromatic carbocycles. The molecule has 0 bridgehead atoms. The standard InChI is InChI=1S/C40H37NO7/c1-28-36(39(44)48-27-35(43)34(42)26-46-24-30-16-8-3-9-17-30)33(23-22-29-14-6-2-7-15-29)37(38(41-28)32-20-12-5-13-21-32)40(45)47-25-31-18-10-4-11-19-31/h2-21,33-35,41-43H,24-27H2,1H3/t33-,34+,35+/m0/s1. The van der Waals surface area contributed by atoms with Crippen LogP contribution in [0.15, 0.2) is 138 Å². The fraction of sp³-hybridized carbons (Fsp3) is 0.200. The van der Waals surface area contributed by atoms with E-state index in [0.29, 0.717) is 22.5 Å². The Morgan fingerprint density at radius 2 is 1.21 bits per heavy atom. The van der Waals surface area contributed by atoms with Crippen LogP contribution in [0.25, 0.3) is 5.70 Å². The summed E-state index contributed by atoms with van der Waals surface area (Å²) in [6.07, 6.45) is -2.72. The van der Waals surface area contributed by atoms with E-state index in [1.54, 1.807) is 6.92 Å². The number of aliphatic hydroxyl groups is 2. The Labute approximate surface area is 280 Å². The zero-order valence-electron chi connectivity index (χ0n) is 26.5. The second kappa shape index (κ2) is 16.9. The van der Waals surface area contributed by atoms with Crippen LogP contribution in [-0.4, -0.2) is 47.6 Å². The molecule has 8 heteroatoms. The van der Waals surface area contributed by atoms with Crippen molar-refractivity contribution in [2.75, 3.05) is 13.2 Å². The first kappa shape index (κ1) is 33.9. The Morgan fingerprint density at radius 1 is 0.688 bits per heavy atom. The van der Waals surface area contributed by atoms with E-state index in [1.807, 2.05) is 121 Å². The first-order valence-electron chi connectivity index (χ1n) is 15.6. The summed E-state index contributed by atoms with van der Waals surface area (Å²) in [5.41, 5.74) is 4.23. The molecule has 3 N–H and O–H groups in total. The average Bonchev–Trinajstić information content (AvgIpc) is 3.13. The van der Waals surface area contributed by atoms with Gasteiger partial charge in [-0.1, -0.05) is 121 Å². The zero-order chi connectivity index (χ0) is 33.7. The quantitative estimate of drug-likeness (QED) is 0.143. The molecule has 0 unspecified atom stereocenters. The fourth-order valence-corrected chi connectivity index (χ4v) is 5.11. The van der Waals surface area contributed by atoms with Crippen LogP contribution in [0.4, 0.5) is 0 Å². The first-order valence-corrected chi connectivity index (χ1v) is 15.6. The third kappa shape index (κ3) is 9.08. The van der Waals surface area contributed by atoms with Crippen LogP contribution in [0.3, 0.4) is 0 Å². The monoisotopic (exact) mass is 643 g/mol. The number of ether oxygens (including phenoxy) is 3. The van der Waals surface area contributed by atoms with Gasteiger partial charge in [-0.2, -0.15) is 0 Å². The van der Waals surface area contributed by atoms with Crippen molar-refractivity contribution in [1.82, 2.24) is 5.32 Å². The predicted molar refractivity (Wildman–Crippen MR) is 181 cm³/mol. The van der Waals surface area contributed by atoms with Crippen molar-refractivity contribution in [2.45, 2.75) is 32.3 Å². The molecule has 0 aliphatic carbocycles. The molecule has 3 atom stereocenters. The van der Waals surface area contributed by atoms with E-state index in [-0.39, 0.29) is 31.0 Å². The number of carbonyl (C=O) groups excluding carboxylic acids is 2. The van der Waals surface area contributed by atoms with Crippen LogP contribution in [0, 0.1) is 17.8 Å². The van der Waals surface area contributed by atoms with Crippen LogP contribution in [0.5, 0.6) is 0 Å². The van der Waals surface area contributed by atoms with Gasteiger partial charge < -0.3 is 29.7 Å². The van der Waals surface area contributed by atoms with E-state index < -0.39 is 36.7 Å². The van der Waals surface area contributed by atoms with Gasteiger partial charge in [0.05, 0.1) is 36.0 Å². The topological polar surface area (TPSA) is 114 Å². The number of esters is 2. The smallest absolute Gasteiger partial charge is 0.338 e. The minimum Gasteiger partial charge on any atom is -0.459 e. The molecule has 0 amide bonds. The molecule has 1 heterocycles. The van der Waals surface area contributed by atoms with E-state index in [4.69, 9.17) is 14.2 Å². The molecule has 0 fully saturated rings. The van der Waals surface area contributed by atoms with Crippen molar-refractivity contribution >= 4 is 17.6 Å². The minimum absolute atomic E-state index is 0.0168. The highest BCUT2D eigenvalue weighted by Gasteiger charge is 2.38. The van der Waals surface area contributed by atoms with Gasteiger partial charge in [0.25, 0.3) is 0 Å². The number of hydrogen-bond donors (Lipinski definition) is 3. The molecule has 0 radical (unpaired) electrons. The Hall–Kier alpha value is -5.46. The Balaban J connectivity index is 1.40. The van der Waals surface area contributed by atoms with Gasteiger partial charge in [0.15, 0.2) is 0 Å². The maximum absolute atomic E-state index is 14.0. The molecule has 8 nitrogen and oxygen atoms in total. The molecule has 1 aliphatic heterocycles. The lowest BCUT2D eigenvalue weighted by molar-refractivity contribution is -0.146. The second-order valence-electron chi connectivity index (χ2n) is 11.2. The van der Waals surface area contributed by atoms with Crippen molar-refractivity contribution in [3.05, 3.63) is 160 Å². The fourth-order valence-electron chi connectivity index (χ4n) is 5.11. The molecule has 48 heavy (non-hydrogen) atoms. The lowest BCUT2D eigenvalue weighted by Crippen LogP contribution is -2.37. The maximum Gasteiger partial charge on any atom is 0.338 e. The Morgan fingerprint density at radius 3 is 1.83 bits per heavy atom. The van der Waals surface area contributed by atoms with Gasteiger partial charge in [0.1, 0.15) is 25.4 Å². The summed E-state index contributed by atoms with van der Waals surface area (Å²) in [4.78, 5) is 27.7.